The third-order valence-corrected chi connectivity index (χ3v) is 3.04. The maximum absolute atomic E-state index is 13.5. The van der Waals surface area contributed by atoms with E-state index in [0.29, 0.717) is 21.5 Å². The first kappa shape index (κ1) is 14.6. The van der Waals surface area contributed by atoms with Gasteiger partial charge >= 0.3 is 0 Å². The lowest BCUT2D eigenvalue weighted by molar-refractivity contribution is 0.283. The number of methoxy groups -OCH3 is 1. The maximum Gasteiger partial charge on any atom is 0.200 e. The van der Waals surface area contributed by atoms with E-state index in [4.69, 9.17) is 15.2 Å². The van der Waals surface area contributed by atoms with Crippen LogP contribution in [-0.4, -0.2) is 7.11 Å². The summed E-state index contributed by atoms with van der Waals surface area (Å²) in [5, 5.41) is 0. The predicted octanol–water partition coefficient (Wildman–Crippen LogP) is 3.90. The molecule has 0 aliphatic heterocycles. The van der Waals surface area contributed by atoms with E-state index in [9.17, 15) is 8.78 Å². The van der Waals surface area contributed by atoms with Crippen molar-refractivity contribution in [3.63, 3.8) is 0 Å². The Hall–Kier alpha value is -1.82. The highest BCUT2D eigenvalue weighted by Gasteiger charge is 2.11. The number of nitrogens with two attached hydrogens (primary N) is 1. The van der Waals surface area contributed by atoms with E-state index in [0.717, 1.165) is 6.07 Å². The van der Waals surface area contributed by atoms with Gasteiger partial charge in [-0.2, -0.15) is 4.39 Å². The molecule has 0 bridgehead atoms. The first-order valence-electron chi connectivity index (χ1n) is 5.70. The second-order valence-electron chi connectivity index (χ2n) is 4.10. The maximum atomic E-state index is 13.5. The summed E-state index contributed by atoms with van der Waals surface area (Å²) in [6.07, 6.45) is 0. The second kappa shape index (κ2) is 6.09. The Morgan fingerprint density at radius 3 is 2.60 bits per heavy atom. The van der Waals surface area contributed by atoms with E-state index in [-0.39, 0.29) is 12.4 Å². The van der Waals surface area contributed by atoms with Crippen molar-refractivity contribution in [3.8, 4) is 11.5 Å². The largest absolute Gasteiger partial charge is 0.497 e. The van der Waals surface area contributed by atoms with Crippen LogP contribution in [0.3, 0.4) is 0 Å². The number of nitrogen functional groups attached to an aromatic ring is 1. The molecule has 0 aromatic heterocycles. The van der Waals surface area contributed by atoms with E-state index < -0.39 is 11.6 Å². The van der Waals surface area contributed by atoms with Crippen molar-refractivity contribution in [2.75, 3.05) is 12.8 Å². The SMILES string of the molecule is COc1cc(N)cc(COc2cc(Br)cc(F)c2F)c1. The molecule has 0 aliphatic carbocycles. The van der Waals surface area contributed by atoms with Crippen LogP contribution in [0.2, 0.25) is 0 Å². The third kappa shape index (κ3) is 3.39. The molecule has 2 aromatic carbocycles. The highest BCUT2D eigenvalue weighted by molar-refractivity contribution is 9.10. The van der Waals surface area contributed by atoms with Gasteiger partial charge in [0.05, 0.1) is 7.11 Å². The molecule has 0 unspecified atom stereocenters. The lowest BCUT2D eigenvalue weighted by atomic mass is 10.2. The minimum absolute atomic E-state index is 0.0498. The van der Waals surface area contributed by atoms with E-state index >= 15 is 0 Å². The molecule has 3 nitrogen and oxygen atoms in total. The number of anilines is 1. The van der Waals surface area contributed by atoms with Gasteiger partial charge in [-0.15, -0.1) is 0 Å². The first-order chi connectivity index (χ1) is 9.49. The lowest BCUT2D eigenvalue weighted by Gasteiger charge is -2.10. The van der Waals surface area contributed by atoms with Gasteiger partial charge in [-0.3, -0.25) is 0 Å². The molecule has 106 valence electrons. The van der Waals surface area contributed by atoms with Gasteiger partial charge in [0.25, 0.3) is 0 Å². The smallest absolute Gasteiger partial charge is 0.200 e. The average Bonchev–Trinajstić information content (AvgIpc) is 2.40. The van der Waals surface area contributed by atoms with Gasteiger partial charge < -0.3 is 15.2 Å². The van der Waals surface area contributed by atoms with Gasteiger partial charge in [-0.1, -0.05) is 15.9 Å². The Labute approximate surface area is 123 Å². The summed E-state index contributed by atoms with van der Waals surface area (Å²) in [7, 11) is 1.52. The summed E-state index contributed by atoms with van der Waals surface area (Å²) in [6.45, 7) is 0.0498. The summed E-state index contributed by atoms with van der Waals surface area (Å²) in [6, 6.07) is 7.44. The van der Waals surface area contributed by atoms with Crippen LogP contribution in [0.15, 0.2) is 34.8 Å². The molecular formula is C14H12BrF2NO2. The van der Waals surface area contributed by atoms with E-state index in [1.165, 1.54) is 13.2 Å². The van der Waals surface area contributed by atoms with Crippen molar-refractivity contribution < 1.29 is 18.3 Å². The monoisotopic (exact) mass is 343 g/mol. The van der Waals surface area contributed by atoms with Crippen LogP contribution < -0.4 is 15.2 Å². The number of hydrogen-bond acceptors (Lipinski definition) is 3. The van der Waals surface area contributed by atoms with Crippen LogP contribution in [0, 0.1) is 11.6 Å². The zero-order valence-electron chi connectivity index (χ0n) is 10.6. The quantitative estimate of drug-likeness (QED) is 0.676. The average molecular weight is 344 g/mol. The highest BCUT2D eigenvalue weighted by Crippen LogP contribution is 2.27. The fraction of sp³-hybridized carbons (Fsp3) is 0.143. The van der Waals surface area contributed by atoms with E-state index in [1.807, 2.05) is 0 Å². The molecule has 0 atom stereocenters. The molecule has 0 amide bonds. The summed E-state index contributed by atoms with van der Waals surface area (Å²) < 4.78 is 37.5. The van der Waals surface area contributed by atoms with Gasteiger partial charge in [-0.05, 0) is 29.8 Å². The molecule has 0 fully saturated rings. The van der Waals surface area contributed by atoms with Crippen LogP contribution >= 0.6 is 15.9 Å². The predicted molar refractivity (Wildman–Crippen MR) is 75.8 cm³/mol. The van der Waals surface area contributed by atoms with Crippen LogP contribution in [0.5, 0.6) is 11.5 Å². The molecule has 0 saturated heterocycles. The van der Waals surface area contributed by atoms with Crippen molar-refractivity contribution in [1.82, 2.24) is 0 Å². The number of hydrogen-bond donors (Lipinski definition) is 1. The second-order valence-corrected chi connectivity index (χ2v) is 5.02. The normalized spacial score (nSPS) is 10.4. The molecule has 6 heteroatoms. The topological polar surface area (TPSA) is 44.5 Å². The zero-order valence-corrected chi connectivity index (χ0v) is 12.2. The van der Waals surface area contributed by atoms with Gasteiger partial charge in [-0.25, -0.2) is 4.39 Å². The molecule has 20 heavy (non-hydrogen) atoms. The molecule has 0 heterocycles. The van der Waals surface area contributed by atoms with Crippen LogP contribution in [0.25, 0.3) is 0 Å². The first-order valence-corrected chi connectivity index (χ1v) is 6.49. The van der Waals surface area contributed by atoms with Gasteiger partial charge in [0, 0.05) is 16.2 Å². The van der Waals surface area contributed by atoms with Crippen molar-refractivity contribution in [3.05, 3.63) is 52.0 Å². The van der Waals surface area contributed by atoms with Crippen LogP contribution in [-0.2, 0) is 6.61 Å². The molecule has 0 radical (unpaired) electrons. The minimum Gasteiger partial charge on any atom is -0.497 e. The highest BCUT2D eigenvalue weighted by atomic mass is 79.9. The summed E-state index contributed by atoms with van der Waals surface area (Å²) >= 11 is 3.08. The lowest BCUT2D eigenvalue weighted by Crippen LogP contribution is -2.00. The number of rotatable bonds is 4. The van der Waals surface area contributed by atoms with Crippen LogP contribution in [0.1, 0.15) is 5.56 Å². The van der Waals surface area contributed by atoms with Crippen LogP contribution in [0.4, 0.5) is 14.5 Å². The van der Waals surface area contributed by atoms with Gasteiger partial charge in [0.15, 0.2) is 11.6 Å². The fourth-order valence-electron chi connectivity index (χ4n) is 1.69. The fourth-order valence-corrected chi connectivity index (χ4v) is 2.09. The summed E-state index contributed by atoms with van der Waals surface area (Å²) in [5.41, 5.74) is 6.90. The molecule has 2 rings (SSSR count). The molecule has 2 N–H and O–H groups in total. The Kier molecular flexibility index (Phi) is 4.44. The molecule has 2 aromatic rings. The van der Waals surface area contributed by atoms with E-state index in [1.54, 1.807) is 18.2 Å². The molecule has 0 spiro atoms. The molecular weight excluding hydrogens is 332 g/mol. The van der Waals surface area contributed by atoms with E-state index in [2.05, 4.69) is 15.9 Å². The Morgan fingerprint density at radius 2 is 1.90 bits per heavy atom. The van der Waals surface area contributed by atoms with Crippen molar-refractivity contribution in [2.45, 2.75) is 6.61 Å². The zero-order chi connectivity index (χ0) is 14.7. The summed E-state index contributed by atoms with van der Waals surface area (Å²) in [4.78, 5) is 0. The minimum atomic E-state index is -1.02. The standard InChI is InChI=1S/C14H12BrF2NO2/c1-19-11-3-8(2-10(18)6-11)7-20-13-5-9(15)4-12(16)14(13)17/h2-6H,7,18H2,1H3. The van der Waals surface area contributed by atoms with Crippen molar-refractivity contribution >= 4 is 21.6 Å². The van der Waals surface area contributed by atoms with Gasteiger partial charge in [0.2, 0.25) is 5.82 Å². The third-order valence-electron chi connectivity index (χ3n) is 2.58. The Morgan fingerprint density at radius 1 is 1.15 bits per heavy atom. The molecule has 0 aliphatic rings. The van der Waals surface area contributed by atoms with Gasteiger partial charge in [0.1, 0.15) is 12.4 Å². The Bertz CT molecular complexity index is 635. The summed E-state index contributed by atoms with van der Waals surface area (Å²) in [5.74, 6) is -1.59. The Balaban J connectivity index is 2.19. The number of halogens is 3. The van der Waals surface area contributed by atoms with Crippen molar-refractivity contribution in [2.24, 2.45) is 0 Å². The number of ether oxygens (including phenoxy) is 2. The number of benzene rings is 2. The molecule has 0 saturated carbocycles. The van der Waals surface area contributed by atoms with Crippen molar-refractivity contribution in [1.29, 1.82) is 0 Å².